The monoisotopic (exact) mass is 370 g/mol. The van der Waals surface area contributed by atoms with Crippen LogP contribution in [0.25, 0.3) is 6.08 Å². The molecule has 3 nitrogen and oxygen atoms in total. The summed E-state index contributed by atoms with van der Waals surface area (Å²) in [5.41, 5.74) is 0.408. The molecule has 0 saturated carbocycles. The molecule has 1 N–H and O–H groups in total. The van der Waals surface area contributed by atoms with E-state index in [-0.39, 0.29) is 10.2 Å². The summed E-state index contributed by atoms with van der Waals surface area (Å²) in [7, 11) is 0. The zero-order chi connectivity index (χ0) is 13.0. The van der Waals surface area contributed by atoms with Crippen LogP contribution in [0, 0.1) is 0 Å². The SMILES string of the molecule is O=C(O)/C=C/c1c(Br)ccc(OC(F)F)c1Br. The number of carboxylic acids is 1. The minimum atomic E-state index is -2.94. The van der Waals surface area contributed by atoms with E-state index >= 15 is 0 Å². The molecule has 0 amide bonds. The molecule has 0 heterocycles. The summed E-state index contributed by atoms with van der Waals surface area (Å²) in [6, 6.07) is 2.84. The summed E-state index contributed by atoms with van der Waals surface area (Å²) in [4.78, 5) is 10.4. The Kier molecular flexibility index (Phi) is 5.07. The number of alkyl halides is 2. The van der Waals surface area contributed by atoms with Crippen LogP contribution in [0.15, 0.2) is 27.2 Å². The third-order valence-electron chi connectivity index (χ3n) is 1.70. The average molecular weight is 372 g/mol. The summed E-state index contributed by atoms with van der Waals surface area (Å²) in [6.07, 6.45) is 2.17. The number of carbonyl (C=O) groups is 1. The van der Waals surface area contributed by atoms with Gasteiger partial charge in [0.05, 0.1) is 4.47 Å². The van der Waals surface area contributed by atoms with Gasteiger partial charge in [-0.05, 0) is 34.1 Å². The van der Waals surface area contributed by atoms with Crippen molar-refractivity contribution in [3.8, 4) is 5.75 Å². The van der Waals surface area contributed by atoms with Gasteiger partial charge in [-0.2, -0.15) is 8.78 Å². The highest BCUT2D eigenvalue weighted by Gasteiger charge is 2.12. The van der Waals surface area contributed by atoms with Crippen molar-refractivity contribution < 1.29 is 23.4 Å². The Labute approximate surface area is 112 Å². The fraction of sp³-hybridized carbons (Fsp3) is 0.100. The van der Waals surface area contributed by atoms with E-state index in [4.69, 9.17) is 5.11 Å². The van der Waals surface area contributed by atoms with Gasteiger partial charge in [0.15, 0.2) is 0 Å². The van der Waals surface area contributed by atoms with E-state index < -0.39 is 12.6 Å². The summed E-state index contributed by atoms with van der Waals surface area (Å²) >= 11 is 6.26. The summed E-state index contributed by atoms with van der Waals surface area (Å²) in [6.45, 7) is -2.94. The van der Waals surface area contributed by atoms with Gasteiger partial charge in [-0.15, -0.1) is 0 Å². The second-order valence-electron chi connectivity index (χ2n) is 2.82. The number of halogens is 4. The molecule has 7 heteroatoms. The molecule has 0 radical (unpaired) electrons. The molecule has 1 aromatic carbocycles. The number of aliphatic carboxylic acids is 1. The normalized spacial score (nSPS) is 11.1. The Hall–Kier alpha value is -0.950. The first-order chi connectivity index (χ1) is 7.91. The molecule has 0 fully saturated rings. The number of hydrogen-bond donors (Lipinski definition) is 1. The van der Waals surface area contributed by atoms with Crippen LogP contribution in [0.4, 0.5) is 8.78 Å². The van der Waals surface area contributed by atoms with Crippen molar-refractivity contribution in [1.82, 2.24) is 0 Å². The molecular formula is C10H6Br2F2O3. The van der Waals surface area contributed by atoms with Crippen molar-refractivity contribution >= 4 is 43.9 Å². The highest BCUT2D eigenvalue weighted by molar-refractivity contribution is 9.11. The molecule has 0 aliphatic rings. The third-order valence-corrected chi connectivity index (χ3v) is 3.21. The number of ether oxygens (including phenoxy) is 1. The lowest BCUT2D eigenvalue weighted by molar-refractivity contribution is -0.131. The van der Waals surface area contributed by atoms with E-state index in [9.17, 15) is 13.6 Å². The number of hydrogen-bond acceptors (Lipinski definition) is 2. The topological polar surface area (TPSA) is 46.5 Å². The van der Waals surface area contributed by atoms with Gasteiger partial charge in [0.1, 0.15) is 5.75 Å². The van der Waals surface area contributed by atoms with E-state index in [1.165, 1.54) is 18.2 Å². The van der Waals surface area contributed by atoms with Gasteiger partial charge in [0, 0.05) is 16.1 Å². The van der Waals surface area contributed by atoms with Crippen LogP contribution in [0.2, 0.25) is 0 Å². The first-order valence-electron chi connectivity index (χ1n) is 4.25. The largest absolute Gasteiger partial charge is 0.478 e. The highest BCUT2D eigenvalue weighted by atomic mass is 79.9. The third kappa shape index (κ3) is 4.08. The molecule has 0 unspecified atom stereocenters. The summed E-state index contributed by atoms with van der Waals surface area (Å²) < 4.78 is 29.2. The lowest BCUT2D eigenvalue weighted by Gasteiger charge is -2.10. The van der Waals surface area contributed by atoms with Crippen LogP contribution < -0.4 is 4.74 Å². The maximum atomic E-state index is 12.1. The van der Waals surface area contributed by atoms with Crippen molar-refractivity contribution in [3.05, 3.63) is 32.7 Å². The van der Waals surface area contributed by atoms with E-state index in [1.807, 2.05) is 0 Å². The fourth-order valence-corrected chi connectivity index (χ4v) is 2.34. The Morgan fingerprint density at radius 3 is 2.59 bits per heavy atom. The Bertz CT molecular complexity index is 461. The lowest BCUT2D eigenvalue weighted by Crippen LogP contribution is -2.03. The first-order valence-corrected chi connectivity index (χ1v) is 5.84. The Morgan fingerprint density at radius 2 is 2.06 bits per heavy atom. The van der Waals surface area contributed by atoms with Gasteiger partial charge in [-0.3, -0.25) is 0 Å². The molecule has 0 spiro atoms. The smallest absolute Gasteiger partial charge is 0.387 e. The Morgan fingerprint density at radius 1 is 1.41 bits per heavy atom. The van der Waals surface area contributed by atoms with E-state index in [0.29, 0.717) is 10.0 Å². The van der Waals surface area contributed by atoms with Gasteiger partial charge in [0.25, 0.3) is 0 Å². The van der Waals surface area contributed by atoms with Crippen LogP contribution in [0.1, 0.15) is 5.56 Å². The van der Waals surface area contributed by atoms with Gasteiger partial charge in [-0.25, -0.2) is 4.79 Å². The minimum absolute atomic E-state index is 0.0618. The van der Waals surface area contributed by atoms with Gasteiger partial charge < -0.3 is 9.84 Å². The molecule has 1 rings (SSSR count). The Balaban J connectivity index is 3.15. The predicted molar refractivity (Wildman–Crippen MR) is 65.1 cm³/mol. The van der Waals surface area contributed by atoms with Gasteiger partial charge in [-0.1, -0.05) is 15.9 Å². The molecule has 0 aromatic heterocycles. The number of rotatable bonds is 4. The van der Waals surface area contributed by atoms with Gasteiger partial charge >= 0.3 is 12.6 Å². The zero-order valence-corrected chi connectivity index (χ0v) is 11.3. The van der Waals surface area contributed by atoms with Crippen LogP contribution in [-0.2, 0) is 4.79 Å². The fourth-order valence-electron chi connectivity index (χ4n) is 1.04. The first kappa shape index (κ1) is 14.1. The summed E-state index contributed by atoms with van der Waals surface area (Å²) in [5, 5.41) is 8.50. The molecular weight excluding hydrogens is 366 g/mol. The van der Waals surface area contributed by atoms with Gasteiger partial charge in [0.2, 0.25) is 0 Å². The molecule has 0 aliphatic carbocycles. The van der Waals surface area contributed by atoms with E-state index in [1.54, 1.807) is 0 Å². The quantitative estimate of drug-likeness (QED) is 0.816. The standard InChI is InChI=1S/C10H6Br2F2O3/c11-6-2-3-7(17-10(13)14)9(12)5(6)1-4-8(15)16/h1-4,10H,(H,15,16)/b4-1+. The predicted octanol–water partition coefficient (Wildman–Crippen LogP) is 3.91. The molecule has 0 bridgehead atoms. The molecule has 0 saturated heterocycles. The number of carboxylic acid groups (broad SMARTS) is 1. The number of benzene rings is 1. The minimum Gasteiger partial charge on any atom is -0.478 e. The second kappa shape index (κ2) is 6.11. The van der Waals surface area contributed by atoms with Crippen molar-refractivity contribution in [2.24, 2.45) is 0 Å². The zero-order valence-electron chi connectivity index (χ0n) is 8.16. The summed E-state index contributed by atoms with van der Waals surface area (Å²) in [5.74, 6) is -1.20. The molecule has 1 aromatic rings. The van der Waals surface area contributed by atoms with Crippen LogP contribution >= 0.6 is 31.9 Å². The van der Waals surface area contributed by atoms with Crippen LogP contribution in [0.3, 0.4) is 0 Å². The lowest BCUT2D eigenvalue weighted by atomic mass is 10.2. The van der Waals surface area contributed by atoms with Crippen molar-refractivity contribution in [1.29, 1.82) is 0 Å². The molecule has 92 valence electrons. The molecule has 0 atom stereocenters. The highest BCUT2D eigenvalue weighted by Crippen LogP contribution is 2.35. The van der Waals surface area contributed by atoms with E-state index in [2.05, 4.69) is 36.6 Å². The average Bonchev–Trinajstić information content (AvgIpc) is 2.21. The molecule has 0 aliphatic heterocycles. The maximum Gasteiger partial charge on any atom is 0.387 e. The maximum absolute atomic E-state index is 12.1. The van der Waals surface area contributed by atoms with E-state index in [0.717, 1.165) is 6.08 Å². The van der Waals surface area contributed by atoms with Crippen LogP contribution in [0.5, 0.6) is 5.75 Å². The molecule has 17 heavy (non-hydrogen) atoms. The van der Waals surface area contributed by atoms with Crippen molar-refractivity contribution in [2.45, 2.75) is 6.61 Å². The van der Waals surface area contributed by atoms with Crippen LogP contribution in [-0.4, -0.2) is 17.7 Å². The second-order valence-corrected chi connectivity index (χ2v) is 4.47. The van der Waals surface area contributed by atoms with Crippen molar-refractivity contribution in [3.63, 3.8) is 0 Å². The van der Waals surface area contributed by atoms with Crippen molar-refractivity contribution in [2.75, 3.05) is 0 Å².